The van der Waals surface area contributed by atoms with E-state index in [1.54, 1.807) is 0 Å². The normalized spacial score (nSPS) is 11.4. The molecule has 17 heavy (non-hydrogen) atoms. The summed E-state index contributed by atoms with van der Waals surface area (Å²) in [7, 11) is 3.39. The van der Waals surface area contributed by atoms with E-state index < -0.39 is 0 Å². The van der Waals surface area contributed by atoms with Gasteiger partial charge in [0.2, 0.25) is 0 Å². The van der Waals surface area contributed by atoms with Crippen LogP contribution in [0.4, 0.5) is 5.13 Å². The van der Waals surface area contributed by atoms with E-state index in [0.717, 1.165) is 17.2 Å². The second-order valence-electron chi connectivity index (χ2n) is 4.63. The first-order valence-electron chi connectivity index (χ1n) is 5.63. The number of carbonyl (C=O) groups excluding carboxylic acids is 1. The van der Waals surface area contributed by atoms with E-state index in [4.69, 9.17) is 4.74 Å². The second-order valence-corrected chi connectivity index (χ2v) is 5.61. The third kappa shape index (κ3) is 2.77. The minimum Gasteiger partial charge on any atom is -0.465 e. The summed E-state index contributed by atoms with van der Waals surface area (Å²) in [6, 6.07) is 0. The highest BCUT2D eigenvalue weighted by molar-refractivity contribution is 7.17. The predicted molar refractivity (Wildman–Crippen MR) is 71.0 cm³/mol. The molecule has 0 aliphatic heterocycles. The molecule has 5 heteroatoms. The zero-order valence-electron chi connectivity index (χ0n) is 11.3. The molecule has 0 aliphatic carbocycles. The van der Waals surface area contributed by atoms with Crippen molar-refractivity contribution in [3.63, 3.8) is 0 Å². The molecule has 0 N–H and O–H groups in total. The monoisotopic (exact) mass is 256 g/mol. The van der Waals surface area contributed by atoms with Crippen molar-refractivity contribution in [3.8, 4) is 0 Å². The summed E-state index contributed by atoms with van der Waals surface area (Å²) in [6.45, 7) is 8.28. The van der Waals surface area contributed by atoms with Crippen molar-refractivity contribution in [1.29, 1.82) is 0 Å². The van der Waals surface area contributed by atoms with E-state index in [9.17, 15) is 4.79 Å². The summed E-state index contributed by atoms with van der Waals surface area (Å²) in [4.78, 5) is 18.6. The molecule has 1 rings (SSSR count). The molecule has 0 spiro atoms. The number of aryl methyl sites for hydroxylation is 1. The van der Waals surface area contributed by atoms with Crippen LogP contribution in [0.2, 0.25) is 0 Å². The third-order valence-electron chi connectivity index (χ3n) is 3.22. The molecule has 0 saturated heterocycles. The molecule has 0 radical (unpaired) electrons. The van der Waals surface area contributed by atoms with Crippen molar-refractivity contribution in [2.75, 3.05) is 19.1 Å². The summed E-state index contributed by atoms with van der Waals surface area (Å²) in [5, 5.41) is 0.856. The molecule has 1 aromatic heterocycles. The van der Waals surface area contributed by atoms with Gasteiger partial charge in [0.15, 0.2) is 5.13 Å². The van der Waals surface area contributed by atoms with Gasteiger partial charge in [-0.25, -0.2) is 9.78 Å². The van der Waals surface area contributed by atoms with Gasteiger partial charge in [-0.1, -0.05) is 18.3 Å². The fourth-order valence-electron chi connectivity index (χ4n) is 1.30. The third-order valence-corrected chi connectivity index (χ3v) is 4.43. The maximum atomic E-state index is 11.5. The average molecular weight is 256 g/mol. The lowest BCUT2D eigenvalue weighted by Gasteiger charge is -2.34. The number of thiazole rings is 1. The van der Waals surface area contributed by atoms with Gasteiger partial charge in [-0.3, -0.25) is 0 Å². The SMILES string of the molecule is CCC(C)(C)N(C)c1nc(C)c(C(=O)OC)s1. The number of carbonyl (C=O) groups is 1. The van der Waals surface area contributed by atoms with Crippen LogP contribution in [0.1, 0.15) is 42.6 Å². The zero-order valence-corrected chi connectivity index (χ0v) is 12.1. The first-order valence-corrected chi connectivity index (χ1v) is 6.44. The lowest BCUT2D eigenvalue weighted by atomic mass is 10.0. The highest BCUT2D eigenvalue weighted by Crippen LogP contribution is 2.31. The molecule has 0 aliphatic rings. The van der Waals surface area contributed by atoms with Crippen LogP contribution >= 0.6 is 11.3 Å². The van der Waals surface area contributed by atoms with Gasteiger partial charge in [0.1, 0.15) is 4.88 Å². The maximum Gasteiger partial charge on any atom is 0.350 e. The number of esters is 1. The van der Waals surface area contributed by atoms with E-state index in [1.165, 1.54) is 18.4 Å². The van der Waals surface area contributed by atoms with Gasteiger partial charge in [0.05, 0.1) is 12.8 Å². The predicted octanol–water partition coefficient (Wildman–Crippen LogP) is 2.86. The van der Waals surface area contributed by atoms with Gasteiger partial charge in [0, 0.05) is 12.6 Å². The van der Waals surface area contributed by atoms with Crippen molar-refractivity contribution in [1.82, 2.24) is 4.98 Å². The molecule has 0 unspecified atom stereocenters. The van der Waals surface area contributed by atoms with Crippen molar-refractivity contribution < 1.29 is 9.53 Å². The summed E-state index contributed by atoms with van der Waals surface area (Å²) in [5.41, 5.74) is 0.758. The number of hydrogen-bond donors (Lipinski definition) is 0. The van der Waals surface area contributed by atoms with Crippen LogP contribution < -0.4 is 4.90 Å². The number of hydrogen-bond acceptors (Lipinski definition) is 5. The quantitative estimate of drug-likeness (QED) is 0.777. The van der Waals surface area contributed by atoms with Gasteiger partial charge in [-0.05, 0) is 27.2 Å². The molecule has 1 heterocycles. The van der Waals surface area contributed by atoms with Gasteiger partial charge in [0.25, 0.3) is 0 Å². The first-order chi connectivity index (χ1) is 7.83. The lowest BCUT2D eigenvalue weighted by Crippen LogP contribution is -2.40. The van der Waals surface area contributed by atoms with E-state index in [1.807, 2.05) is 14.0 Å². The van der Waals surface area contributed by atoms with Gasteiger partial charge < -0.3 is 9.64 Å². The lowest BCUT2D eigenvalue weighted by molar-refractivity contribution is 0.0605. The molecular formula is C12H20N2O2S. The van der Waals surface area contributed by atoms with Crippen LogP contribution in [0, 0.1) is 6.92 Å². The van der Waals surface area contributed by atoms with Crippen molar-refractivity contribution in [2.45, 2.75) is 39.7 Å². The van der Waals surface area contributed by atoms with Gasteiger partial charge >= 0.3 is 5.97 Å². The Morgan fingerprint density at radius 1 is 1.53 bits per heavy atom. The van der Waals surface area contributed by atoms with Crippen LogP contribution in [0.25, 0.3) is 0 Å². The van der Waals surface area contributed by atoms with E-state index in [2.05, 4.69) is 30.7 Å². The van der Waals surface area contributed by atoms with Crippen LogP contribution in [0.3, 0.4) is 0 Å². The largest absolute Gasteiger partial charge is 0.465 e. The molecule has 0 aromatic carbocycles. The summed E-state index contributed by atoms with van der Waals surface area (Å²) >= 11 is 1.38. The van der Waals surface area contributed by atoms with Gasteiger partial charge in [-0.2, -0.15) is 0 Å². The Morgan fingerprint density at radius 2 is 2.12 bits per heavy atom. The Bertz CT molecular complexity index is 413. The Kier molecular flexibility index (Phi) is 4.14. The van der Waals surface area contributed by atoms with Crippen molar-refractivity contribution in [3.05, 3.63) is 10.6 Å². The first kappa shape index (κ1) is 14.0. The molecule has 4 nitrogen and oxygen atoms in total. The molecule has 0 bridgehead atoms. The van der Waals surface area contributed by atoms with Crippen LogP contribution in [0.5, 0.6) is 0 Å². The van der Waals surface area contributed by atoms with E-state index >= 15 is 0 Å². The molecule has 0 atom stereocenters. The van der Waals surface area contributed by atoms with E-state index in [-0.39, 0.29) is 11.5 Å². The highest BCUT2D eigenvalue weighted by atomic mass is 32.1. The van der Waals surface area contributed by atoms with Crippen molar-refractivity contribution >= 4 is 22.4 Å². The number of anilines is 1. The van der Waals surface area contributed by atoms with Crippen LogP contribution in [-0.2, 0) is 4.74 Å². The number of nitrogens with zero attached hydrogens (tertiary/aromatic N) is 2. The molecule has 0 saturated carbocycles. The average Bonchev–Trinajstić information content (AvgIpc) is 2.69. The Labute approximate surface area is 107 Å². The fraction of sp³-hybridized carbons (Fsp3) is 0.667. The topological polar surface area (TPSA) is 42.4 Å². The standard InChI is InChI=1S/C12H20N2O2S/c1-7-12(3,4)14(5)11-13-8(2)9(17-11)10(15)16-6/h7H2,1-6H3. The molecule has 96 valence electrons. The highest BCUT2D eigenvalue weighted by Gasteiger charge is 2.26. The van der Waals surface area contributed by atoms with Crippen LogP contribution in [-0.4, -0.2) is 30.6 Å². The fourth-order valence-corrected chi connectivity index (χ4v) is 2.41. The molecular weight excluding hydrogens is 236 g/mol. The Hall–Kier alpha value is -1.10. The number of rotatable bonds is 4. The van der Waals surface area contributed by atoms with Gasteiger partial charge in [-0.15, -0.1) is 0 Å². The van der Waals surface area contributed by atoms with Crippen LogP contribution in [0.15, 0.2) is 0 Å². The minimum absolute atomic E-state index is 0.0255. The Balaban J connectivity index is 3.05. The zero-order chi connectivity index (χ0) is 13.2. The number of ether oxygens (including phenoxy) is 1. The summed E-state index contributed by atoms with van der Waals surface area (Å²) in [5.74, 6) is -0.311. The molecule has 0 amide bonds. The molecule has 1 aromatic rings. The summed E-state index contributed by atoms with van der Waals surface area (Å²) < 4.78 is 4.74. The number of aromatic nitrogens is 1. The maximum absolute atomic E-state index is 11.5. The Morgan fingerprint density at radius 3 is 2.59 bits per heavy atom. The smallest absolute Gasteiger partial charge is 0.350 e. The minimum atomic E-state index is -0.311. The summed E-state index contributed by atoms with van der Waals surface area (Å²) in [6.07, 6.45) is 1.01. The van der Waals surface area contributed by atoms with Crippen molar-refractivity contribution in [2.24, 2.45) is 0 Å². The second kappa shape index (κ2) is 5.04. The number of methoxy groups -OCH3 is 1. The molecule has 0 fully saturated rings. The van der Waals surface area contributed by atoms with E-state index in [0.29, 0.717) is 4.88 Å².